The minimum Gasteiger partial charge on any atom is -0.406 e. The summed E-state index contributed by atoms with van der Waals surface area (Å²) in [5, 5.41) is 21.4. The van der Waals surface area contributed by atoms with Crippen LogP contribution in [0.4, 0.5) is 13.2 Å². The van der Waals surface area contributed by atoms with Crippen LogP contribution in [0.15, 0.2) is 49.3 Å². The van der Waals surface area contributed by atoms with E-state index in [9.17, 15) is 23.1 Å². The molecule has 3 N–H and O–H groups in total. The van der Waals surface area contributed by atoms with Gasteiger partial charge in [0.05, 0.1) is 29.5 Å². The van der Waals surface area contributed by atoms with E-state index in [2.05, 4.69) is 33.5 Å². The monoisotopic (exact) mass is 459 g/mol. The molecule has 1 amide bonds. The van der Waals surface area contributed by atoms with Crippen molar-refractivity contribution in [3.8, 4) is 28.7 Å². The van der Waals surface area contributed by atoms with Gasteiger partial charge >= 0.3 is 6.36 Å². The minimum absolute atomic E-state index is 0.0630. The number of ether oxygens (including phenoxy) is 1. The van der Waals surface area contributed by atoms with Crippen LogP contribution in [0.1, 0.15) is 11.1 Å². The van der Waals surface area contributed by atoms with Gasteiger partial charge in [-0.25, -0.2) is 4.98 Å². The fraction of sp³-hybridized carbons (Fsp3) is 0.217. The average molecular weight is 459 g/mol. The number of carbonyl (C=O) groups excluding carboxylic acids is 1. The van der Waals surface area contributed by atoms with Gasteiger partial charge in [-0.3, -0.25) is 4.79 Å². The Morgan fingerprint density at radius 1 is 1.36 bits per heavy atom. The summed E-state index contributed by atoms with van der Waals surface area (Å²) in [6.45, 7) is 2.93. The lowest BCUT2D eigenvalue weighted by Gasteiger charge is -2.14. The zero-order valence-corrected chi connectivity index (χ0v) is 17.5. The zero-order valence-electron chi connectivity index (χ0n) is 17.5. The normalized spacial score (nSPS) is 12.1. The molecule has 0 aliphatic carbocycles. The Bertz CT molecular complexity index is 1240. The van der Waals surface area contributed by atoms with Gasteiger partial charge in [0, 0.05) is 19.2 Å². The molecule has 0 fully saturated rings. The van der Waals surface area contributed by atoms with Crippen molar-refractivity contribution in [3.05, 3.63) is 60.4 Å². The van der Waals surface area contributed by atoms with Gasteiger partial charge in [0.25, 0.3) is 0 Å². The highest BCUT2D eigenvalue weighted by Gasteiger charge is 2.31. The van der Waals surface area contributed by atoms with Crippen molar-refractivity contribution < 1.29 is 32.9 Å². The lowest BCUT2D eigenvalue weighted by atomic mass is 9.96. The van der Waals surface area contributed by atoms with Crippen LogP contribution in [-0.2, 0) is 18.4 Å². The fourth-order valence-electron chi connectivity index (χ4n) is 3.18. The standard InChI is InChI=1S/C23H20F3N3O4/c1-3-20(32)27-11-15-10-19(14-4-7-17(8-5-14)33-23(24,25)26)21-22(29(2)13-28-21)18(15)9-6-16(31)12-30/h3-5,7-8,10,13,16,30-31H,1,11-12H2,2H3,(H,27,32). The number of hydrogen-bond acceptors (Lipinski definition) is 5. The quantitative estimate of drug-likeness (QED) is 0.389. The van der Waals surface area contributed by atoms with Crippen LogP contribution < -0.4 is 10.1 Å². The number of rotatable bonds is 6. The Hall–Kier alpha value is -3.81. The summed E-state index contributed by atoms with van der Waals surface area (Å²) in [5.74, 6) is 4.62. The molecule has 3 aromatic rings. The Labute approximate surface area is 187 Å². The number of fused-ring (bicyclic) bond motifs is 1. The lowest BCUT2D eigenvalue weighted by molar-refractivity contribution is -0.274. The Morgan fingerprint density at radius 3 is 2.67 bits per heavy atom. The maximum Gasteiger partial charge on any atom is 0.573 e. The third-order valence-electron chi connectivity index (χ3n) is 4.64. The van der Waals surface area contributed by atoms with E-state index in [4.69, 9.17) is 5.11 Å². The number of aliphatic hydroxyl groups is 2. The van der Waals surface area contributed by atoms with Crippen LogP contribution in [0.3, 0.4) is 0 Å². The van der Waals surface area contributed by atoms with Crippen molar-refractivity contribution in [2.24, 2.45) is 7.05 Å². The number of carbonyl (C=O) groups is 1. The maximum absolute atomic E-state index is 12.5. The molecule has 1 atom stereocenters. The number of hydrogen-bond donors (Lipinski definition) is 3. The molecular weight excluding hydrogens is 439 g/mol. The second-order valence-corrected chi connectivity index (χ2v) is 6.97. The first-order chi connectivity index (χ1) is 15.6. The summed E-state index contributed by atoms with van der Waals surface area (Å²) in [6, 6.07) is 7.05. The summed E-state index contributed by atoms with van der Waals surface area (Å²) in [6.07, 6.45) is -3.39. The summed E-state index contributed by atoms with van der Waals surface area (Å²) < 4.78 is 43.1. The van der Waals surface area contributed by atoms with Crippen molar-refractivity contribution >= 4 is 16.9 Å². The largest absolute Gasteiger partial charge is 0.573 e. The van der Waals surface area contributed by atoms with Crippen molar-refractivity contribution in [2.75, 3.05) is 6.61 Å². The molecule has 0 bridgehead atoms. The number of aromatic nitrogens is 2. The van der Waals surface area contributed by atoms with Crippen LogP contribution >= 0.6 is 0 Å². The van der Waals surface area contributed by atoms with E-state index in [-0.39, 0.29) is 12.3 Å². The molecule has 0 aliphatic heterocycles. The smallest absolute Gasteiger partial charge is 0.406 e. The number of halogens is 3. The molecule has 2 aromatic carbocycles. The van der Waals surface area contributed by atoms with Crippen LogP contribution in [0.2, 0.25) is 0 Å². The predicted molar refractivity (Wildman–Crippen MR) is 115 cm³/mol. The highest BCUT2D eigenvalue weighted by molar-refractivity contribution is 5.97. The molecule has 1 unspecified atom stereocenters. The van der Waals surface area contributed by atoms with Gasteiger partial charge in [0.1, 0.15) is 11.9 Å². The number of imidazole rings is 1. The van der Waals surface area contributed by atoms with E-state index >= 15 is 0 Å². The van der Waals surface area contributed by atoms with Crippen LogP contribution in [0.5, 0.6) is 5.75 Å². The number of nitrogens with zero attached hydrogens (tertiary/aromatic N) is 2. The predicted octanol–water partition coefficient (Wildman–Crippen LogP) is 2.65. The van der Waals surface area contributed by atoms with Crippen LogP contribution in [0.25, 0.3) is 22.2 Å². The van der Waals surface area contributed by atoms with E-state index in [0.29, 0.717) is 33.3 Å². The van der Waals surface area contributed by atoms with Crippen LogP contribution in [0, 0.1) is 11.8 Å². The first-order valence-corrected chi connectivity index (χ1v) is 9.66. The van der Waals surface area contributed by atoms with Crippen molar-refractivity contribution in [2.45, 2.75) is 19.0 Å². The van der Waals surface area contributed by atoms with Gasteiger partial charge in [-0.05, 0) is 35.4 Å². The van der Waals surface area contributed by atoms with Crippen molar-refractivity contribution in [1.82, 2.24) is 14.9 Å². The number of benzene rings is 2. The number of alkyl halides is 3. The zero-order chi connectivity index (χ0) is 24.2. The first-order valence-electron chi connectivity index (χ1n) is 9.66. The summed E-state index contributed by atoms with van der Waals surface area (Å²) >= 11 is 0. The third-order valence-corrected chi connectivity index (χ3v) is 4.64. The van der Waals surface area contributed by atoms with Crippen molar-refractivity contribution in [1.29, 1.82) is 0 Å². The minimum atomic E-state index is -4.80. The highest BCUT2D eigenvalue weighted by Crippen LogP contribution is 2.34. The molecule has 0 radical (unpaired) electrons. The van der Waals surface area contributed by atoms with Gasteiger partial charge in [-0.2, -0.15) is 0 Å². The summed E-state index contributed by atoms with van der Waals surface area (Å²) in [4.78, 5) is 16.1. The topological polar surface area (TPSA) is 96.6 Å². The molecule has 1 aromatic heterocycles. The molecule has 0 saturated carbocycles. The van der Waals surface area contributed by atoms with E-state index in [1.165, 1.54) is 24.3 Å². The van der Waals surface area contributed by atoms with E-state index in [1.807, 2.05) is 0 Å². The molecule has 33 heavy (non-hydrogen) atoms. The molecule has 0 aliphatic rings. The molecule has 172 valence electrons. The van der Waals surface area contributed by atoms with E-state index in [0.717, 1.165) is 6.08 Å². The molecule has 0 spiro atoms. The molecule has 1 heterocycles. The average Bonchev–Trinajstić information content (AvgIpc) is 3.16. The maximum atomic E-state index is 12.5. The Kier molecular flexibility index (Phi) is 7.06. The van der Waals surface area contributed by atoms with Crippen LogP contribution in [-0.4, -0.2) is 44.7 Å². The second kappa shape index (κ2) is 9.77. The highest BCUT2D eigenvalue weighted by atomic mass is 19.4. The SMILES string of the molecule is C=CC(=O)NCc1cc(-c2ccc(OC(F)(F)F)cc2)c2ncn(C)c2c1C#CC(O)CO. The molecular formula is C23H20F3N3O4. The Morgan fingerprint density at radius 2 is 2.06 bits per heavy atom. The van der Waals surface area contributed by atoms with Gasteiger partial charge in [0.15, 0.2) is 0 Å². The molecule has 10 heteroatoms. The van der Waals surface area contributed by atoms with Gasteiger partial charge in [0.2, 0.25) is 5.91 Å². The summed E-state index contributed by atoms with van der Waals surface area (Å²) in [7, 11) is 1.74. The molecule has 7 nitrogen and oxygen atoms in total. The molecule has 3 rings (SSSR count). The number of amides is 1. The lowest BCUT2D eigenvalue weighted by Crippen LogP contribution is -2.21. The van der Waals surface area contributed by atoms with Crippen molar-refractivity contribution in [3.63, 3.8) is 0 Å². The second-order valence-electron chi connectivity index (χ2n) is 6.97. The number of aryl methyl sites for hydroxylation is 1. The van der Waals surface area contributed by atoms with E-state index < -0.39 is 25.0 Å². The number of nitrogens with one attached hydrogen (secondary N) is 1. The van der Waals surface area contributed by atoms with Gasteiger partial charge in [-0.1, -0.05) is 30.6 Å². The van der Waals surface area contributed by atoms with Gasteiger partial charge in [-0.15, -0.1) is 13.2 Å². The van der Waals surface area contributed by atoms with Gasteiger partial charge < -0.3 is 24.8 Å². The first kappa shape index (κ1) is 23.8. The third kappa shape index (κ3) is 5.71. The summed E-state index contributed by atoms with van der Waals surface area (Å²) in [5.41, 5.74) is 3.32. The Balaban J connectivity index is 2.17. The molecule has 0 saturated heterocycles. The van der Waals surface area contributed by atoms with E-state index in [1.54, 1.807) is 24.0 Å². The fourth-order valence-corrected chi connectivity index (χ4v) is 3.18. The number of aliphatic hydroxyl groups excluding tert-OH is 2.